The standard InChI is InChI=1S/C21H21N3O2S/c1-24-10-9-15-11-16(7-8-18(15)24)19(25)12-22-20(26)17-13-27-21(23-17)14-5-3-2-4-6-14/h2-8,11,13,19,25H,9-10,12H2,1H3,(H,22,26). The number of aliphatic hydroxyl groups is 1. The van der Waals surface area contributed by atoms with E-state index in [2.05, 4.69) is 22.2 Å². The molecule has 1 aromatic heterocycles. The maximum Gasteiger partial charge on any atom is 0.270 e. The Labute approximate surface area is 162 Å². The van der Waals surface area contributed by atoms with Crippen molar-refractivity contribution in [3.8, 4) is 10.6 Å². The number of nitrogens with zero attached hydrogens (tertiary/aromatic N) is 2. The topological polar surface area (TPSA) is 65.5 Å². The fourth-order valence-corrected chi connectivity index (χ4v) is 4.09. The minimum absolute atomic E-state index is 0.158. The lowest BCUT2D eigenvalue weighted by atomic mass is 10.0. The molecule has 1 unspecified atom stereocenters. The molecule has 3 aromatic rings. The third-order valence-corrected chi connectivity index (χ3v) is 5.72. The minimum Gasteiger partial charge on any atom is -0.387 e. The molecule has 1 aliphatic rings. The molecule has 0 saturated carbocycles. The monoisotopic (exact) mass is 379 g/mol. The van der Waals surface area contributed by atoms with Crippen molar-refractivity contribution in [1.82, 2.24) is 10.3 Å². The number of aromatic nitrogens is 1. The van der Waals surface area contributed by atoms with E-state index in [0.717, 1.165) is 29.1 Å². The molecule has 0 saturated heterocycles. The Bertz CT molecular complexity index is 955. The van der Waals surface area contributed by atoms with Gasteiger partial charge in [0.25, 0.3) is 5.91 Å². The van der Waals surface area contributed by atoms with E-state index >= 15 is 0 Å². The highest BCUT2D eigenvalue weighted by Gasteiger charge is 2.19. The van der Waals surface area contributed by atoms with Crippen molar-refractivity contribution in [2.24, 2.45) is 0 Å². The van der Waals surface area contributed by atoms with Crippen molar-refractivity contribution in [3.05, 3.63) is 70.7 Å². The highest BCUT2D eigenvalue weighted by Crippen LogP contribution is 2.29. The molecule has 0 spiro atoms. The molecule has 2 heterocycles. The second kappa shape index (κ2) is 7.50. The van der Waals surface area contributed by atoms with Crippen LogP contribution in [0.1, 0.15) is 27.7 Å². The smallest absolute Gasteiger partial charge is 0.270 e. The van der Waals surface area contributed by atoms with Crippen LogP contribution in [0.25, 0.3) is 10.6 Å². The second-order valence-electron chi connectivity index (χ2n) is 6.69. The molecule has 0 aliphatic carbocycles. The number of thiazole rings is 1. The number of benzene rings is 2. The van der Waals surface area contributed by atoms with Crippen molar-refractivity contribution < 1.29 is 9.90 Å². The lowest BCUT2D eigenvalue weighted by Gasteiger charge is -2.15. The van der Waals surface area contributed by atoms with Crippen LogP contribution in [0, 0.1) is 0 Å². The van der Waals surface area contributed by atoms with Gasteiger partial charge in [0.05, 0.1) is 6.10 Å². The summed E-state index contributed by atoms with van der Waals surface area (Å²) in [5, 5.41) is 15.8. The van der Waals surface area contributed by atoms with Crippen LogP contribution in [0.3, 0.4) is 0 Å². The van der Waals surface area contributed by atoms with Crippen LogP contribution in [0.15, 0.2) is 53.9 Å². The lowest BCUT2D eigenvalue weighted by molar-refractivity contribution is 0.0912. The van der Waals surface area contributed by atoms with Crippen molar-refractivity contribution in [3.63, 3.8) is 0 Å². The Hall–Kier alpha value is -2.70. The number of hydrogen-bond acceptors (Lipinski definition) is 5. The second-order valence-corrected chi connectivity index (χ2v) is 7.55. The van der Waals surface area contributed by atoms with Gasteiger partial charge in [-0.15, -0.1) is 11.3 Å². The Morgan fingerprint density at radius 2 is 2.11 bits per heavy atom. The normalized spacial score (nSPS) is 14.1. The Kier molecular flexibility index (Phi) is 4.92. The number of aliphatic hydroxyl groups excluding tert-OH is 1. The van der Waals surface area contributed by atoms with E-state index < -0.39 is 6.10 Å². The number of carbonyl (C=O) groups excluding carboxylic acids is 1. The first kappa shape index (κ1) is 17.7. The van der Waals surface area contributed by atoms with Gasteiger partial charge in [0.2, 0.25) is 0 Å². The predicted octanol–water partition coefficient (Wildman–Crippen LogP) is 3.27. The quantitative estimate of drug-likeness (QED) is 0.714. The van der Waals surface area contributed by atoms with Gasteiger partial charge in [-0.1, -0.05) is 42.5 Å². The summed E-state index contributed by atoms with van der Waals surface area (Å²) in [5.41, 5.74) is 4.65. The molecule has 1 aliphatic heterocycles. The van der Waals surface area contributed by atoms with E-state index in [1.165, 1.54) is 22.6 Å². The van der Waals surface area contributed by atoms with E-state index in [-0.39, 0.29) is 12.5 Å². The highest BCUT2D eigenvalue weighted by atomic mass is 32.1. The zero-order valence-electron chi connectivity index (χ0n) is 15.1. The first-order chi connectivity index (χ1) is 13.1. The van der Waals surface area contributed by atoms with E-state index in [1.807, 2.05) is 48.5 Å². The Balaban J connectivity index is 1.39. The largest absolute Gasteiger partial charge is 0.387 e. The first-order valence-electron chi connectivity index (χ1n) is 8.93. The molecule has 2 aromatic carbocycles. The average molecular weight is 379 g/mol. The molecule has 6 heteroatoms. The number of carbonyl (C=O) groups is 1. The Morgan fingerprint density at radius 3 is 2.93 bits per heavy atom. The summed E-state index contributed by atoms with van der Waals surface area (Å²) in [6, 6.07) is 15.8. The molecule has 5 nitrogen and oxygen atoms in total. The molecule has 0 fully saturated rings. The summed E-state index contributed by atoms with van der Waals surface area (Å²) in [4.78, 5) is 19.0. The molecule has 0 radical (unpaired) electrons. The average Bonchev–Trinajstić information content (AvgIpc) is 3.34. The number of rotatable bonds is 5. The van der Waals surface area contributed by atoms with Gasteiger partial charge in [-0.2, -0.15) is 0 Å². The van der Waals surface area contributed by atoms with Crippen molar-refractivity contribution in [2.75, 3.05) is 25.0 Å². The van der Waals surface area contributed by atoms with Crippen LogP contribution in [0.5, 0.6) is 0 Å². The van der Waals surface area contributed by atoms with E-state index in [0.29, 0.717) is 5.69 Å². The maximum absolute atomic E-state index is 12.4. The first-order valence-corrected chi connectivity index (χ1v) is 9.81. The summed E-state index contributed by atoms with van der Waals surface area (Å²) in [6.07, 6.45) is 0.247. The molecule has 138 valence electrons. The van der Waals surface area contributed by atoms with Crippen LogP contribution in [0.2, 0.25) is 0 Å². The third kappa shape index (κ3) is 3.72. The van der Waals surface area contributed by atoms with Crippen molar-refractivity contribution in [1.29, 1.82) is 0 Å². The van der Waals surface area contributed by atoms with Crippen LogP contribution in [-0.4, -0.2) is 36.1 Å². The summed E-state index contributed by atoms with van der Waals surface area (Å²) >= 11 is 1.44. The molecule has 1 amide bonds. The van der Waals surface area contributed by atoms with Gasteiger partial charge in [0, 0.05) is 36.8 Å². The molecule has 0 bridgehead atoms. The number of hydrogen-bond donors (Lipinski definition) is 2. The van der Waals surface area contributed by atoms with Crippen LogP contribution in [0.4, 0.5) is 5.69 Å². The molecular formula is C21H21N3O2S. The number of fused-ring (bicyclic) bond motifs is 1. The fourth-order valence-electron chi connectivity index (χ4n) is 3.28. The summed E-state index contributed by atoms with van der Waals surface area (Å²) in [5.74, 6) is -0.270. The number of nitrogens with one attached hydrogen (secondary N) is 1. The number of anilines is 1. The fraction of sp³-hybridized carbons (Fsp3) is 0.238. The number of likely N-dealkylation sites (N-methyl/N-ethyl adjacent to an activating group) is 1. The predicted molar refractivity (Wildman–Crippen MR) is 108 cm³/mol. The summed E-state index contributed by atoms with van der Waals surface area (Å²) in [7, 11) is 2.07. The van der Waals surface area contributed by atoms with E-state index in [1.54, 1.807) is 5.38 Å². The van der Waals surface area contributed by atoms with Crippen LogP contribution < -0.4 is 10.2 Å². The third-order valence-electron chi connectivity index (χ3n) is 4.83. The van der Waals surface area contributed by atoms with Crippen molar-refractivity contribution >= 4 is 22.9 Å². The molecular weight excluding hydrogens is 358 g/mol. The number of amides is 1. The maximum atomic E-state index is 12.4. The minimum atomic E-state index is -0.739. The molecule has 2 N–H and O–H groups in total. The van der Waals surface area contributed by atoms with Crippen molar-refractivity contribution in [2.45, 2.75) is 12.5 Å². The van der Waals surface area contributed by atoms with Gasteiger partial charge in [-0.3, -0.25) is 4.79 Å². The summed E-state index contributed by atoms with van der Waals surface area (Å²) < 4.78 is 0. The summed E-state index contributed by atoms with van der Waals surface area (Å²) in [6.45, 7) is 1.16. The highest BCUT2D eigenvalue weighted by molar-refractivity contribution is 7.13. The molecule has 27 heavy (non-hydrogen) atoms. The Morgan fingerprint density at radius 1 is 1.30 bits per heavy atom. The van der Waals surface area contributed by atoms with Gasteiger partial charge in [-0.25, -0.2) is 4.98 Å². The zero-order valence-corrected chi connectivity index (χ0v) is 15.9. The van der Waals surface area contributed by atoms with Gasteiger partial charge in [0.1, 0.15) is 10.7 Å². The van der Waals surface area contributed by atoms with Gasteiger partial charge < -0.3 is 15.3 Å². The van der Waals surface area contributed by atoms with Crippen LogP contribution in [-0.2, 0) is 6.42 Å². The molecule has 4 rings (SSSR count). The van der Waals surface area contributed by atoms with Gasteiger partial charge >= 0.3 is 0 Å². The van der Waals surface area contributed by atoms with Crippen LogP contribution >= 0.6 is 11.3 Å². The van der Waals surface area contributed by atoms with Gasteiger partial charge in [-0.05, 0) is 23.6 Å². The molecule has 1 atom stereocenters. The van der Waals surface area contributed by atoms with Gasteiger partial charge in [0.15, 0.2) is 0 Å². The SMILES string of the molecule is CN1CCc2cc(C(O)CNC(=O)c3csc(-c4ccccc4)n3)ccc21. The van der Waals surface area contributed by atoms with E-state index in [9.17, 15) is 9.90 Å². The lowest BCUT2D eigenvalue weighted by Crippen LogP contribution is -2.28. The zero-order chi connectivity index (χ0) is 18.8. The van der Waals surface area contributed by atoms with E-state index in [4.69, 9.17) is 0 Å².